The fourth-order valence-corrected chi connectivity index (χ4v) is 1.90. The molecule has 2 aromatic rings. The van der Waals surface area contributed by atoms with Crippen LogP contribution in [-0.4, -0.2) is 21.4 Å². The molecule has 2 N–H and O–H groups in total. The SMILES string of the molecule is CC(Sc1nnc(-c2ccc(C#N)cc2)o1)C(N)=O. The van der Waals surface area contributed by atoms with Crippen molar-refractivity contribution in [1.29, 1.82) is 5.26 Å². The summed E-state index contributed by atoms with van der Waals surface area (Å²) >= 11 is 1.11. The first-order chi connectivity index (χ1) is 9.10. The summed E-state index contributed by atoms with van der Waals surface area (Å²) in [6, 6.07) is 8.80. The number of carbonyl (C=O) groups excluding carboxylic acids is 1. The second-order valence-electron chi connectivity index (χ2n) is 3.72. The maximum Gasteiger partial charge on any atom is 0.277 e. The minimum absolute atomic E-state index is 0.283. The van der Waals surface area contributed by atoms with Crippen LogP contribution in [0.3, 0.4) is 0 Å². The molecule has 0 aliphatic rings. The smallest absolute Gasteiger partial charge is 0.277 e. The zero-order valence-electron chi connectivity index (χ0n) is 10.0. The molecule has 0 fully saturated rings. The van der Waals surface area contributed by atoms with Crippen molar-refractivity contribution in [2.75, 3.05) is 0 Å². The number of thioether (sulfide) groups is 1. The zero-order valence-corrected chi connectivity index (χ0v) is 10.8. The molecule has 1 atom stereocenters. The molecule has 1 heterocycles. The zero-order chi connectivity index (χ0) is 13.8. The van der Waals surface area contributed by atoms with E-state index in [0.717, 1.165) is 11.8 Å². The van der Waals surface area contributed by atoms with Crippen molar-refractivity contribution in [2.24, 2.45) is 5.73 Å². The average Bonchev–Trinajstić information content (AvgIpc) is 2.87. The molecule has 19 heavy (non-hydrogen) atoms. The van der Waals surface area contributed by atoms with E-state index in [1.807, 2.05) is 6.07 Å². The Bertz CT molecular complexity index is 630. The van der Waals surface area contributed by atoms with E-state index in [-0.39, 0.29) is 5.22 Å². The molecule has 1 aromatic heterocycles. The second kappa shape index (κ2) is 5.54. The Labute approximate surface area is 113 Å². The van der Waals surface area contributed by atoms with Gasteiger partial charge in [-0.3, -0.25) is 4.79 Å². The summed E-state index contributed by atoms with van der Waals surface area (Å²) in [4.78, 5) is 10.9. The van der Waals surface area contributed by atoms with Crippen LogP contribution >= 0.6 is 11.8 Å². The van der Waals surface area contributed by atoms with Gasteiger partial charge in [0, 0.05) is 5.56 Å². The summed E-state index contributed by atoms with van der Waals surface area (Å²) in [5.41, 5.74) is 6.42. The van der Waals surface area contributed by atoms with Crippen molar-refractivity contribution in [3.63, 3.8) is 0 Å². The molecule has 1 amide bonds. The fourth-order valence-electron chi connectivity index (χ4n) is 1.27. The molecule has 0 spiro atoms. The van der Waals surface area contributed by atoms with Crippen LogP contribution in [0, 0.1) is 11.3 Å². The average molecular weight is 274 g/mol. The standard InChI is InChI=1S/C12H10N4O2S/c1-7(10(14)17)19-12-16-15-11(18-12)9-4-2-8(6-13)3-5-9/h2-5,7H,1H3,(H2,14,17). The number of benzene rings is 1. The molecule has 1 aromatic carbocycles. The second-order valence-corrected chi connectivity index (χ2v) is 5.02. The topological polar surface area (TPSA) is 106 Å². The van der Waals surface area contributed by atoms with E-state index in [0.29, 0.717) is 17.0 Å². The van der Waals surface area contributed by atoms with Gasteiger partial charge in [-0.25, -0.2) is 0 Å². The normalized spacial score (nSPS) is 11.8. The van der Waals surface area contributed by atoms with Crippen LogP contribution in [0.5, 0.6) is 0 Å². The van der Waals surface area contributed by atoms with Crippen molar-refractivity contribution >= 4 is 17.7 Å². The molecule has 0 radical (unpaired) electrons. The number of amides is 1. The lowest BCUT2D eigenvalue weighted by molar-refractivity contribution is -0.117. The van der Waals surface area contributed by atoms with Crippen LogP contribution in [0.4, 0.5) is 0 Å². The number of carbonyl (C=O) groups is 1. The molecule has 6 nitrogen and oxygen atoms in total. The van der Waals surface area contributed by atoms with Gasteiger partial charge in [0.25, 0.3) is 5.22 Å². The first-order valence-corrected chi connectivity index (χ1v) is 6.28. The molecular weight excluding hydrogens is 264 g/mol. The quantitative estimate of drug-likeness (QED) is 0.848. The summed E-state index contributed by atoms with van der Waals surface area (Å²) < 4.78 is 5.41. The monoisotopic (exact) mass is 274 g/mol. The highest BCUT2D eigenvalue weighted by Gasteiger charge is 2.16. The number of primary amides is 1. The lowest BCUT2D eigenvalue weighted by Crippen LogP contribution is -2.22. The summed E-state index contributed by atoms with van der Waals surface area (Å²) in [6.45, 7) is 1.67. The van der Waals surface area contributed by atoms with Gasteiger partial charge in [0.05, 0.1) is 16.9 Å². The lowest BCUT2D eigenvalue weighted by Gasteiger charge is -2.00. The predicted molar refractivity (Wildman–Crippen MR) is 69.0 cm³/mol. The number of aromatic nitrogens is 2. The maximum absolute atomic E-state index is 10.9. The van der Waals surface area contributed by atoms with Crippen molar-refractivity contribution in [3.8, 4) is 17.5 Å². The molecule has 0 saturated heterocycles. The molecule has 96 valence electrons. The number of hydrogen-bond donors (Lipinski definition) is 1. The van der Waals surface area contributed by atoms with Crippen molar-refractivity contribution in [3.05, 3.63) is 29.8 Å². The van der Waals surface area contributed by atoms with E-state index in [1.165, 1.54) is 0 Å². The molecule has 0 aliphatic carbocycles. The number of nitriles is 1. The highest BCUT2D eigenvalue weighted by Crippen LogP contribution is 2.25. The third-order valence-corrected chi connectivity index (χ3v) is 3.30. The van der Waals surface area contributed by atoms with Gasteiger partial charge in [-0.1, -0.05) is 11.8 Å². The first kappa shape index (κ1) is 13.1. The van der Waals surface area contributed by atoms with Gasteiger partial charge in [0.15, 0.2) is 0 Å². The first-order valence-electron chi connectivity index (χ1n) is 5.40. The van der Waals surface area contributed by atoms with Crippen molar-refractivity contribution in [2.45, 2.75) is 17.4 Å². The molecule has 0 aliphatic heterocycles. The van der Waals surface area contributed by atoms with E-state index in [4.69, 9.17) is 15.4 Å². The van der Waals surface area contributed by atoms with Crippen LogP contribution in [0.2, 0.25) is 0 Å². The van der Waals surface area contributed by atoms with E-state index in [2.05, 4.69) is 10.2 Å². The highest BCUT2D eigenvalue weighted by molar-refractivity contribution is 8.00. The number of hydrogen-bond acceptors (Lipinski definition) is 6. The van der Waals surface area contributed by atoms with E-state index in [1.54, 1.807) is 31.2 Å². The Kier molecular flexibility index (Phi) is 3.82. The van der Waals surface area contributed by atoms with E-state index < -0.39 is 11.2 Å². The van der Waals surface area contributed by atoms with Gasteiger partial charge in [-0.2, -0.15) is 5.26 Å². The Balaban J connectivity index is 2.16. The minimum Gasteiger partial charge on any atom is -0.411 e. The van der Waals surface area contributed by atoms with Crippen molar-refractivity contribution < 1.29 is 9.21 Å². The molecule has 0 saturated carbocycles. The van der Waals surface area contributed by atoms with Crippen LogP contribution in [0.1, 0.15) is 12.5 Å². The van der Waals surface area contributed by atoms with Gasteiger partial charge in [0.1, 0.15) is 0 Å². The van der Waals surface area contributed by atoms with Crippen LogP contribution in [0.25, 0.3) is 11.5 Å². The van der Waals surface area contributed by atoms with Crippen LogP contribution < -0.4 is 5.73 Å². The van der Waals surface area contributed by atoms with Gasteiger partial charge in [-0.15, -0.1) is 10.2 Å². The number of nitrogens with zero attached hydrogens (tertiary/aromatic N) is 3. The van der Waals surface area contributed by atoms with E-state index >= 15 is 0 Å². The van der Waals surface area contributed by atoms with Gasteiger partial charge >= 0.3 is 0 Å². The summed E-state index contributed by atoms with van der Waals surface area (Å²) in [5, 5.41) is 16.3. The van der Waals surface area contributed by atoms with E-state index in [9.17, 15) is 4.79 Å². The Morgan fingerprint density at radius 1 is 1.42 bits per heavy atom. The number of nitrogens with two attached hydrogens (primary N) is 1. The lowest BCUT2D eigenvalue weighted by atomic mass is 10.1. The molecule has 2 rings (SSSR count). The third-order valence-electron chi connectivity index (χ3n) is 2.35. The Morgan fingerprint density at radius 2 is 2.11 bits per heavy atom. The minimum atomic E-state index is -0.442. The molecule has 1 unspecified atom stereocenters. The molecule has 0 bridgehead atoms. The van der Waals surface area contributed by atoms with Crippen LogP contribution in [0.15, 0.2) is 33.9 Å². The summed E-state index contributed by atoms with van der Waals surface area (Å²) in [6.07, 6.45) is 0. The summed E-state index contributed by atoms with van der Waals surface area (Å²) in [5.74, 6) is -0.105. The Hall–Kier alpha value is -2.33. The largest absolute Gasteiger partial charge is 0.411 e. The number of rotatable bonds is 4. The van der Waals surface area contributed by atoms with Gasteiger partial charge in [0.2, 0.25) is 11.8 Å². The predicted octanol–water partition coefficient (Wildman–Crippen LogP) is 1.57. The summed E-state index contributed by atoms with van der Waals surface area (Å²) in [7, 11) is 0. The Morgan fingerprint density at radius 3 is 2.68 bits per heavy atom. The molecule has 7 heteroatoms. The van der Waals surface area contributed by atoms with Gasteiger partial charge < -0.3 is 10.2 Å². The van der Waals surface area contributed by atoms with Crippen LogP contribution in [-0.2, 0) is 4.79 Å². The molecular formula is C12H10N4O2S. The third kappa shape index (κ3) is 3.11. The van der Waals surface area contributed by atoms with Crippen molar-refractivity contribution in [1.82, 2.24) is 10.2 Å². The highest BCUT2D eigenvalue weighted by atomic mass is 32.2. The maximum atomic E-state index is 10.9. The fraction of sp³-hybridized carbons (Fsp3) is 0.167. The van der Waals surface area contributed by atoms with Gasteiger partial charge in [-0.05, 0) is 31.2 Å².